The number of nitrogens with zero attached hydrogens (tertiary/aromatic N) is 2. The minimum atomic E-state index is -0.493. The highest BCUT2D eigenvalue weighted by Gasteiger charge is 2.16. The molecule has 0 saturated heterocycles. The van der Waals surface area contributed by atoms with E-state index in [1.165, 1.54) is 45.5 Å². The number of benzene rings is 1. The third-order valence-electron chi connectivity index (χ3n) is 5.08. The van der Waals surface area contributed by atoms with Crippen molar-refractivity contribution >= 4 is 34.1 Å². The van der Waals surface area contributed by atoms with Gasteiger partial charge >= 0.3 is 0 Å². The van der Waals surface area contributed by atoms with Gasteiger partial charge in [-0.3, -0.25) is 29.8 Å². The summed E-state index contributed by atoms with van der Waals surface area (Å²) in [5.41, 5.74) is 6.38. The molecule has 8 heteroatoms. The van der Waals surface area contributed by atoms with Crippen LogP contribution in [0.15, 0.2) is 41.5 Å². The SMILES string of the molecule is O=C(Cn1cnc2ccccc2c1=O)NNC(=O)c1cc2c(s1)CCCCCC2. The van der Waals surface area contributed by atoms with E-state index in [-0.39, 0.29) is 18.0 Å². The Hall–Kier alpha value is -3.00. The van der Waals surface area contributed by atoms with Crippen LogP contribution in [0.2, 0.25) is 0 Å². The number of carbonyl (C=O) groups is 2. The zero-order chi connectivity index (χ0) is 20.2. The van der Waals surface area contributed by atoms with Crippen LogP contribution >= 0.6 is 11.3 Å². The maximum Gasteiger partial charge on any atom is 0.279 e. The summed E-state index contributed by atoms with van der Waals surface area (Å²) < 4.78 is 1.22. The molecule has 0 fully saturated rings. The Bertz CT molecular complexity index is 1090. The molecule has 0 bridgehead atoms. The maximum absolute atomic E-state index is 12.4. The molecular formula is C21H22N4O3S. The number of hydrogen-bond donors (Lipinski definition) is 2. The number of carbonyl (C=O) groups excluding carboxylic acids is 2. The molecule has 1 aliphatic rings. The van der Waals surface area contributed by atoms with E-state index in [2.05, 4.69) is 15.8 Å². The second-order valence-electron chi connectivity index (χ2n) is 7.17. The number of fused-ring (bicyclic) bond motifs is 2. The van der Waals surface area contributed by atoms with Crippen molar-refractivity contribution < 1.29 is 9.59 Å². The van der Waals surface area contributed by atoms with Gasteiger partial charge in [-0.25, -0.2) is 4.98 Å². The zero-order valence-electron chi connectivity index (χ0n) is 15.9. The van der Waals surface area contributed by atoms with Gasteiger partial charge < -0.3 is 0 Å². The summed E-state index contributed by atoms with van der Waals surface area (Å²) in [6.07, 6.45) is 8.12. The first-order valence-electron chi connectivity index (χ1n) is 9.77. The second-order valence-corrected chi connectivity index (χ2v) is 8.31. The van der Waals surface area contributed by atoms with Gasteiger partial charge in [0.05, 0.1) is 22.1 Å². The number of thiophene rings is 1. The average molecular weight is 410 g/mol. The van der Waals surface area contributed by atoms with E-state index in [1.807, 2.05) is 6.07 Å². The Labute approximate surface area is 171 Å². The van der Waals surface area contributed by atoms with Crippen molar-refractivity contribution in [2.75, 3.05) is 0 Å². The minimum Gasteiger partial charge on any atom is -0.289 e. The predicted octanol–water partition coefficient (Wildman–Crippen LogP) is 2.58. The Morgan fingerprint density at radius 1 is 1.07 bits per heavy atom. The van der Waals surface area contributed by atoms with Gasteiger partial charge in [-0.05, 0) is 49.4 Å². The first-order valence-corrected chi connectivity index (χ1v) is 10.6. The van der Waals surface area contributed by atoms with Crippen molar-refractivity contribution in [3.8, 4) is 0 Å². The van der Waals surface area contributed by atoms with E-state index in [4.69, 9.17) is 0 Å². The predicted molar refractivity (Wildman–Crippen MR) is 112 cm³/mol. The quantitative estimate of drug-likeness (QED) is 0.649. The lowest BCUT2D eigenvalue weighted by Crippen LogP contribution is -2.44. The van der Waals surface area contributed by atoms with Gasteiger partial charge in [0.25, 0.3) is 17.4 Å². The van der Waals surface area contributed by atoms with E-state index < -0.39 is 5.91 Å². The van der Waals surface area contributed by atoms with Crippen LogP contribution in [-0.2, 0) is 24.2 Å². The molecule has 2 N–H and O–H groups in total. The molecule has 0 radical (unpaired) electrons. The average Bonchev–Trinajstić information content (AvgIpc) is 3.10. The van der Waals surface area contributed by atoms with Crippen LogP contribution < -0.4 is 16.4 Å². The van der Waals surface area contributed by atoms with Crippen LogP contribution in [0.25, 0.3) is 10.9 Å². The van der Waals surface area contributed by atoms with Crippen LogP contribution in [0.1, 0.15) is 45.8 Å². The van der Waals surface area contributed by atoms with Crippen LogP contribution in [0, 0.1) is 0 Å². The summed E-state index contributed by atoms with van der Waals surface area (Å²) in [6.45, 7) is -0.224. The number of aromatic nitrogens is 2. The van der Waals surface area contributed by atoms with E-state index >= 15 is 0 Å². The van der Waals surface area contributed by atoms with Crippen molar-refractivity contribution in [3.05, 3.63) is 62.3 Å². The molecule has 150 valence electrons. The second kappa shape index (κ2) is 8.57. The number of nitrogens with one attached hydrogen (secondary N) is 2. The third-order valence-corrected chi connectivity index (χ3v) is 6.32. The van der Waals surface area contributed by atoms with Crippen LogP contribution in [0.3, 0.4) is 0 Å². The van der Waals surface area contributed by atoms with Crippen molar-refractivity contribution in [1.82, 2.24) is 20.4 Å². The minimum absolute atomic E-state index is 0.224. The van der Waals surface area contributed by atoms with Crippen molar-refractivity contribution in [1.29, 1.82) is 0 Å². The standard InChI is InChI=1S/C21H22N4O3S/c26-19(12-25-13-22-16-9-6-5-8-15(16)21(25)28)23-24-20(27)18-11-14-7-3-1-2-4-10-17(14)29-18/h5-6,8-9,11,13H,1-4,7,10,12H2,(H,23,26)(H,24,27). The molecule has 0 unspecified atom stereocenters. The summed E-state index contributed by atoms with van der Waals surface area (Å²) in [5, 5.41) is 0.447. The highest BCUT2D eigenvalue weighted by Crippen LogP contribution is 2.28. The lowest BCUT2D eigenvalue weighted by Gasteiger charge is -2.08. The van der Waals surface area contributed by atoms with Crippen LogP contribution in [0.4, 0.5) is 0 Å². The highest BCUT2D eigenvalue weighted by molar-refractivity contribution is 7.14. The fourth-order valence-corrected chi connectivity index (χ4v) is 4.71. The van der Waals surface area contributed by atoms with Gasteiger partial charge in [0.2, 0.25) is 0 Å². The van der Waals surface area contributed by atoms with E-state index in [1.54, 1.807) is 24.3 Å². The molecule has 7 nitrogen and oxygen atoms in total. The number of para-hydroxylation sites is 1. The van der Waals surface area contributed by atoms with Gasteiger partial charge in [0.15, 0.2) is 0 Å². The summed E-state index contributed by atoms with van der Waals surface area (Å²) >= 11 is 1.50. The number of hydrogen-bond acceptors (Lipinski definition) is 5. The summed E-state index contributed by atoms with van der Waals surface area (Å²) in [6, 6.07) is 8.90. The number of rotatable bonds is 3. The Kier molecular flexibility index (Phi) is 5.71. The molecule has 2 aromatic heterocycles. The van der Waals surface area contributed by atoms with Crippen LogP contribution in [-0.4, -0.2) is 21.4 Å². The lowest BCUT2D eigenvalue weighted by atomic mass is 10.00. The highest BCUT2D eigenvalue weighted by atomic mass is 32.1. The Balaban J connectivity index is 1.38. The van der Waals surface area contributed by atoms with Gasteiger partial charge in [-0.1, -0.05) is 25.0 Å². The topological polar surface area (TPSA) is 93.1 Å². The van der Waals surface area contributed by atoms with Crippen molar-refractivity contribution in [2.45, 2.75) is 45.1 Å². The zero-order valence-corrected chi connectivity index (χ0v) is 16.8. The van der Waals surface area contributed by atoms with Gasteiger partial charge in [0, 0.05) is 4.88 Å². The fourth-order valence-electron chi connectivity index (χ4n) is 3.56. The molecule has 29 heavy (non-hydrogen) atoms. The van der Waals surface area contributed by atoms with Gasteiger partial charge in [-0.15, -0.1) is 11.3 Å². The van der Waals surface area contributed by atoms with E-state index in [0.29, 0.717) is 15.8 Å². The molecule has 2 amide bonds. The van der Waals surface area contributed by atoms with Crippen molar-refractivity contribution in [3.63, 3.8) is 0 Å². The number of amides is 2. The first kappa shape index (κ1) is 19.3. The van der Waals surface area contributed by atoms with Crippen molar-refractivity contribution in [2.24, 2.45) is 0 Å². The monoisotopic (exact) mass is 410 g/mol. The summed E-state index contributed by atoms with van der Waals surface area (Å²) in [5.74, 6) is -0.827. The molecule has 1 aliphatic carbocycles. The fraction of sp³-hybridized carbons (Fsp3) is 0.333. The molecule has 4 rings (SSSR count). The molecular weight excluding hydrogens is 388 g/mol. The molecule has 0 saturated carbocycles. The molecule has 3 aromatic rings. The number of aryl methyl sites for hydroxylation is 2. The summed E-state index contributed by atoms with van der Waals surface area (Å²) in [7, 11) is 0. The van der Waals surface area contributed by atoms with Gasteiger partial charge in [-0.2, -0.15) is 0 Å². The molecule has 2 heterocycles. The van der Waals surface area contributed by atoms with Crippen LogP contribution in [0.5, 0.6) is 0 Å². The Morgan fingerprint density at radius 2 is 1.86 bits per heavy atom. The molecule has 0 aliphatic heterocycles. The third kappa shape index (κ3) is 4.37. The van der Waals surface area contributed by atoms with E-state index in [9.17, 15) is 14.4 Å². The maximum atomic E-state index is 12.4. The largest absolute Gasteiger partial charge is 0.289 e. The lowest BCUT2D eigenvalue weighted by molar-refractivity contribution is -0.122. The normalized spacial score (nSPS) is 13.9. The molecule has 0 spiro atoms. The molecule has 0 atom stereocenters. The smallest absolute Gasteiger partial charge is 0.279 e. The number of hydrazine groups is 1. The van der Waals surface area contributed by atoms with Gasteiger partial charge in [0.1, 0.15) is 6.54 Å². The molecule has 1 aromatic carbocycles. The summed E-state index contributed by atoms with van der Waals surface area (Å²) in [4.78, 5) is 43.2. The Morgan fingerprint density at radius 3 is 2.72 bits per heavy atom. The first-order chi connectivity index (χ1) is 14.1. The van der Waals surface area contributed by atoms with E-state index in [0.717, 1.165) is 25.7 Å².